The van der Waals surface area contributed by atoms with Crippen LogP contribution in [0.25, 0.3) is 17.1 Å². The van der Waals surface area contributed by atoms with Crippen LogP contribution in [0.5, 0.6) is 0 Å². The van der Waals surface area contributed by atoms with E-state index in [1.54, 1.807) is 24.3 Å². The minimum atomic E-state index is -5.14. The Morgan fingerprint density at radius 2 is 1.78 bits per heavy atom. The van der Waals surface area contributed by atoms with Crippen molar-refractivity contribution in [3.8, 4) is 17.1 Å². The molecule has 188 valence electrons. The Hall–Kier alpha value is -3.48. The Kier molecular flexibility index (Phi) is 7.03. The Morgan fingerprint density at radius 1 is 1.08 bits per heavy atom. The molecule has 4 aromatic rings. The van der Waals surface area contributed by atoms with E-state index >= 15 is 0 Å². The maximum Gasteiger partial charge on any atom is 0.451 e. The lowest BCUT2D eigenvalue weighted by atomic mass is 10.2. The molecule has 0 aliphatic rings. The summed E-state index contributed by atoms with van der Waals surface area (Å²) in [4.78, 5) is 29.0. The van der Waals surface area contributed by atoms with Gasteiger partial charge < -0.3 is 5.11 Å². The Bertz CT molecular complexity index is 1480. The molecule has 2 aromatic carbocycles. The zero-order valence-corrected chi connectivity index (χ0v) is 20.0. The summed E-state index contributed by atoms with van der Waals surface area (Å²) in [5.41, 5.74) is -0.213. The monoisotopic (exact) mass is 540 g/mol. The van der Waals surface area contributed by atoms with Crippen LogP contribution in [0.3, 0.4) is 0 Å². The summed E-state index contributed by atoms with van der Waals surface area (Å²) in [5.74, 6) is -2.09. The third kappa shape index (κ3) is 5.35. The van der Waals surface area contributed by atoms with Crippen LogP contribution in [-0.4, -0.2) is 46.2 Å². The van der Waals surface area contributed by atoms with Crippen LogP contribution in [0.2, 0.25) is 10.0 Å². The lowest BCUT2D eigenvalue weighted by Crippen LogP contribution is -2.33. The van der Waals surface area contributed by atoms with Crippen molar-refractivity contribution in [3.05, 3.63) is 80.7 Å². The number of nitrogens with zero attached hydrogens (tertiary/aromatic N) is 6. The predicted molar refractivity (Wildman–Crippen MR) is 124 cm³/mol. The first kappa shape index (κ1) is 25.6. The molecule has 0 bridgehead atoms. The molecule has 9 nitrogen and oxygen atoms in total. The smallest absolute Gasteiger partial charge is 0.385 e. The molecule has 0 amide bonds. The van der Waals surface area contributed by atoms with Gasteiger partial charge in [0.1, 0.15) is 12.6 Å². The minimum absolute atomic E-state index is 0.0439. The van der Waals surface area contributed by atoms with Gasteiger partial charge in [-0.15, -0.1) is 10.2 Å². The summed E-state index contributed by atoms with van der Waals surface area (Å²) in [6.45, 7) is -0.138. The Labute approximate surface area is 211 Å². The second-order valence-electron chi connectivity index (χ2n) is 7.73. The molecule has 0 unspecified atom stereocenters. The highest BCUT2D eigenvalue weighted by molar-refractivity contribution is 6.31. The first-order valence-corrected chi connectivity index (χ1v) is 11.1. The summed E-state index contributed by atoms with van der Waals surface area (Å²) >= 11 is 11.9. The molecular weight excluding hydrogens is 524 g/mol. The summed E-state index contributed by atoms with van der Waals surface area (Å²) in [6, 6.07) is 12.5. The highest BCUT2D eigenvalue weighted by atomic mass is 35.5. The number of aliphatic hydroxyl groups excluding tert-OH is 1. The standard InChI is InChI=1S/C22H17Cl2F3N6O3/c1-12(34)19-28-18(29-33(19)16-4-2-3-15(24)9-16)11-32-21(36)31(10-17(35)22(25,26)27)20(30-32)13-5-7-14(23)8-6-13/h2-9,12,34H,10-11H2,1H3/t12-/m0/s1. The van der Waals surface area contributed by atoms with E-state index in [1.807, 2.05) is 0 Å². The van der Waals surface area contributed by atoms with Crippen molar-refractivity contribution < 1.29 is 23.1 Å². The fourth-order valence-corrected chi connectivity index (χ4v) is 3.68. The van der Waals surface area contributed by atoms with Gasteiger partial charge in [-0.2, -0.15) is 13.2 Å². The van der Waals surface area contributed by atoms with Gasteiger partial charge in [-0.25, -0.2) is 19.1 Å². The number of benzene rings is 2. The molecule has 36 heavy (non-hydrogen) atoms. The van der Waals surface area contributed by atoms with Gasteiger partial charge >= 0.3 is 11.9 Å². The van der Waals surface area contributed by atoms with Gasteiger partial charge in [-0.3, -0.25) is 9.36 Å². The molecule has 1 atom stereocenters. The lowest BCUT2D eigenvalue weighted by Gasteiger charge is -2.07. The van der Waals surface area contributed by atoms with E-state index in [1.165, 1.54) is 35.9 Å². The molecule has 2 heterocycles. The minimum Gasteiger partial charge on any atom is -0.385 e. The van der Waals surface area contributed by atoms with Crippen LogP contribution in [0, 0.1) is 0 Å². The summed E-state index contributed by atoms with van der Waals surface area (Å²) in [5, 5.41) is 19.4. The van der Waals surface area contributed by atoms with E-state index in [9.17, 15) is 27.9 Å². The van der Waals surface area contributed by atoms with Gasteiger partial charge in [-0.1, -0.05) is 29.3 Å². The second-order valence-corrected chi connectivity index (χ2v) is 8.60. The fourth-order valence-electron chi connectivity index (χ4n) is 3.37. The van der Waals surface area contributed by atoms with E-state index in [-0.39, 0.29) is 29.6 Å². The number of hydrogen-bond donors (Lipinski definition) is 1. The normalized spacial score (nSPS) is 12.6. The fraction of sp³-hybridized carbons (Fsp3) is 0.227. The molecule has 0 radical (unpaired) electrons. The number of Topliss-reactive ketones (excluding diaryl/α,β-unsaturated/α-hetero) is 1. The molecule has 1 N–H and O–H groups in total. The lowest BCUT2D eigenvalue weighted by molar-refractivity contribution is -0.171. The van der Waals surface area contributed by atoms with Crippen molar-refractivity contribution >= 4 is 29.0 Å². The van der Waals surface area contributed by atoms with Crippen molar-refractivity contribution in [2.75, 3.05) is 0 Å². The third-order valence-electron chi connectivity index (χ3n) is 5.04. The molecule has 0 saturated heterocycles. The maximum absolute atomic E-state index is 13.0. The summed E-state index contributed by atoms with van der Waals surface area (Å²) in [7, 11) is 0. The number of aliphatic hydroxyl groups is 1. The first-order valence-electron chi connectivity index (χ1n) is 10.4. The number of rotatable bonds is 7. The first-order chi connectivity index (χ1) is 16.9. The maximum atomic E-state index is 13.0. The zero-order valence-electron chi connectivity index (χ0n) is 18.4. The highest BCUT2D eigenvalue weighted by Gasteiger charge is 2.39. The van der Waals surface area contributed by atoms with Gasteiger partial charge in [0.15, 0.2) is 17.5 Å². The van der Waals surface area contributed by atoms with Gasteiger partial charge in [0, 0.05) is 15.6 Å². The number of hydrogen-bond acceptors (Lipinski definition) is 6. The molecule has 0 saturated carbocycles. The molecule has 0 aliphatic carbocycles. The number of halogens is 5. The molecular formula is C22H17Cl2F3N6O3. The van der Waals surface area contributed by atoms with E-state index in [0.717, 1.165) is 4.68 Å². The summed E-state index contributed by atoms with van der Waals surface area (Å²) in [6.07, 6.45) is -6.18. The molecule has 4 rings (SSSR count). The second kappa shape index (κ2) is 9.88. The van der Waals surface area contributed by atoms with Crippen LogP contribution in [0.1, 0.15) is 24.7 Å². The van der Waals surface area contributed by atoms with Crippen LogP contribution in [0.15, 0.2) is 53.3 Å². The van der Waals surface area contributed by atoms with E-state index < -0.39 is 30.3 Å². The van der Waals surface area contributed by atoms with E-state index in [4.69, 9.17) is 23.2 Å². The predicted octanol–water partition coefficient (Wildman–Crippen LogP) is 3.83. The van der Waals surface area contributed by atoms with Crippen molar-refractivity contribution in [1.82, 2.24) is 29.1 Å². The van der Waals surface area contributed by atoms with Gasteiger partial charge in [0.25, 0.3) is 5.78 Å². The third-order valence-corrected chi connectivity index (χ3v) is 5.52. The zero-order chi connectivity index (χ0) is 26.2. The molecule has 0 aliphatic heterocycles. The average Bonchev–Trinajstić information content (AvgIpc) is 3.36. The van der Waals surface area contributed by atoms with Crippen LogP contribution in [-0.2, 0) is 17.9 Å². The quantitative estimate of drug-likeness (QED) is 0.381. The van der Waals surface area contributed by atoms with Gasteiger partial charge in [0.2, 0.25) is 0 Å². The van der Waals surface area contributed by atoms with Crippen molar-refractivity contribution in [2.24, 2.45) is 0 Å². The topological polar surface area (TPSA) is 108 Å². The number of carbonyl (C=O) groups excluding carboxylic acids is 1. The largest absolute Gasteiger partial charge is 0.451 e. The summed E-state index contributed by atoms with van der Waals surface area (Å²) < 4.78 is 41.7. The Morgan fingerprint density at radius 3 is 2.39 bits per heavy atom. The van der Waals surface area contributed by atoms with Gasteiger partial charge in [0.05, 0.1) is 12.2 Å². The van der Waals surface area contributed by atoms with E-state index in [0.29, 0.717) is 20.3 Å². The molecule has 2 aromatic heterocycles. The van der Waals surface area contributed by atoms with Gasteiger partial charge in [-0.05, 0) is 49.4 Å². The van der Waals surface area contributed by atoms with E-state index in [2.05, 4.69) is 15.2 Å². The van der Waals surface area contributed by atoms with Crippen LogP contribution < -0.4 is 5.69 Å². The SMILES string of the molecule is C[C@H](O)c1nc(Cn2nc(-c3ccc(Cl)cc3)n(CC(=O)C(F)(F)F)c2=O)nn1-c1cccc(Cl)c1. The van der Waals surface area contributed by atoms with Crippen molar-refractivity contribution in [2.45, 2.75) is 32.3 Å². The van der Waals surface area contributed by atoms with Crippen LogP contribution >= 0.6 is 23.2 Å². The highest BCUT2D eigenvalue weighted by Crippen LogP contribution is 2.23. The molecule has 14 heteroatoms. The number of aromatic nitrogens is 6. The number of alkyl halides is 3. The molecule has 0 spiro atoms. The Balaban J connectivity index is 1.77. The number of carbonyl (C=O) groups is 1. The average molecular weight is 541 g/mol. The molecule has 0 fully saturated rings. The van der Waals surface area contributed by atoms with Crippen molar-refractivity contribution in [1.29, 1.82) is 0 Å². The number of ketones is 1. The van der Waals surface area contributed by atoms with Crippen molar-refractivity contribution in [3.63, 3.8) is 0 Å². The van der Waals surface area contributed by atoms with Crippen LogP contribution in [0.4, 0.5) is 13.2 Å².